The van der Waals surface area contributed by atoms with Crippen molar-refractivity contribution < 1.29 is 9.84 Å². The maximum absolute atomic E-state index is 7.94. The molecule has 0 aromatic heterocycles. The summed E-state index contributed by atoms with van der Waals surface area (Å²) in [5.74, 6) is 1.04. The Morgan fingerprint density at radius 1 is 1.25 bits per heavy atom. The topological polar surface area (TPSA) is 29.5 Å². The molecule has 0 saturated heterocycles. The highest BCUT2D eigenvalue weighted by atomic mass is 16.5. The molecule has 0 unspecified atom stereocenters. The summed E-state index contributed by atoms with van der Waals surface area (Å²) in [6.45, 7) is 2.93. The monoisotopic (exact) mass is 174 g/mol. The van der Waals surface area contributed by atoms with Crippen LogP contribution in [0.25, 0.3) is 0 Å². The molecule has 0 heterocycles. The Bertz CT molecular complexity index is 75.9. The van der Waals surface area contributed by atoms with E-state index >= 15 is 0 Å². The molecule has 0 atom stereocenters. The van der Waals surface area contributed by atoms with Crippen LogP contribution < -0.4 is 0 Å². The van der Waals surface area contributed by atoms with Crippen molar-refractivity contribution in [3.63, 3.8) is 0 Å². The number of hydrogen-bond acceptors (Lipinski definition) is 2. The SMILES string of the molecule is CC1CCCCC1.COCCO. The van der Waals surface area contributed by atoms with E-state index < -0.39 is 0 Å². The molecular formula is C10H22O2. The first-order valence-corrected chi connectivity index (χ1v) is 4.91. The second-order valence-corrected chi connectivity index (χ2v) is 3.46. The third kappa shape index (κ3) is 8.02. The van der Waals surface area contributed by atoms with Gasteiger partial charge in [-0.05, 0) is 5.92 Å². The van der Waals surface area contributed by atoms with Crippen LogP contribution in [0.2, 0.25) is 0 Å². The van der Waals surface area contributed by atoms with Gasteiger partial charge in [0.2, 0.25) is 0 Å². The Labute approximate surface area is 75.9 Å². The molecule has 1 saturated carbocycles. The van der Waals surface area contributed by atoms with E-state index in [1.807, 2.05) is 0 Å². The van der Waals surface area contributed by atoms with Gasteiger partial charge in [-0.1, -0.05) is 39.0 Å². The summed E-state index contributed by atoms with van der Waals surface area (Å²) in [7, 11) is 1.55. The first-order valence-electron chi connectivity index (χ1n) is 4.91. The maximum atomic E-state index is 7.94. The number of rotatable bonds is 2. The molecule has 0 aromatic rings. The predicted molar refractivity (Wildman–Crippen MR) is 51.2 cm³/mol. The molecule has 74 valence electrons. The van der Waals surface area contributed by atoms with Crippen LogP contribution in [0.5, 0.6) is 0 Å². The van der Waals surface area contributed by atoms with Crippen LogP contribution >= 0.6 is 0 Å². The summed E-state index contributed by atoms with van der Waals surface area (Å²) < 4.78 is 4.44. The molecule has 2 nitrogen and oxygen atoms in total. The van der Waals surface area contributed by atoms with Gasteiger partial charge in [-0.3, -0.25) is 0 Å². The summed E-state index contributed by atoms with van der Waals surface area (Å²) in [5, 5.41) is 7.94. The highest BCUT2D eigenvalue weighted by molar-refractivity contribution is 4.59. The Balaban J connectivity index is 0.000000217. The summed E-state index contributed by atoms with van der Waals surface area (Å²) in [5.41, 5.74) is 0. The fourth-order valence-electron chi connectivity index (χ4n) is 1.40. The van der Waals surface area contributed by atoms with Crippen molar-refractivity contribution in [2.45, 2.75) is 39.0 Å². The highest BCUT2D eigenvalue weighted by Crippen LogP contribution is 2.21. The molecule has 0 aromatic carbocycles. The third-order valence-corrected chi connectivity index (χ3v) is 2.19. The molecule has 0 radical (unpaired) electrons. The lowest BCUT2D eigenvalue weighted by molar-refractivity contribution is 0.135. The lowest BCUT2D eigenvalue weighted by atomic mass is 9.91. The minimum absolute atomic E-state index is 0.122. The molecule has 1 aliphatic carbocycles. The zero-order valence-electron chi connectivity index (χ0n) is 8.38. The average molecular weight is 174 g/mol. The second-order valence-electron chi connectivity index (χ2n) is 3.46. The van der Waals surface area contributed by atoms with Crippen LogP contribution in [0.4, 0.5) is 0 Å². The van der Waals surface area contributed by atoms with E-state index in [2.05, 4.69) is 11.7 Å². The van der Waals surface area contributed by atoms with Gasteiger partial charge in [0.15, 0.2) is 0 Å². The molecule has 1 fully saturated rings. The van der Waals surface area contributed by atoms with Crippen molar-refractivity contribution in [3.05, 3.63) is 0 Å². The lowest BCUT2D eigenvalue weighted by Gasteiger charge is -2.15. The predicted octanol–water partition coefficient (Wildman–Crippen LogP) is 2.21. The molecule has 0 spiro atoms. The minimum atomic E-state index is 0.122. The maximum Gasteiger partial charge on any atom is 0.0693 e. The summed E-state index contributed by atoms with van der Waals surface area (Å²) in [6, 6.07) is 0. The molecule has 1 aliphatic rings. The van der Waals surface area contributed by atoms with Crippen LogP contribution in [0.15, 0.2) is 0 Å². The fourth-order valence-corrected chi connectivity index (χ4v) is 1.40. The van der Waals surface area contributed by atoms with E-state index in [1.165, 1.54) is 32.1 Å². The number of ether oxygens (including phenoxy) is 1. The van der Waals surface area contributed by atoms with Crippen molar-refractivity contribution in [2.75, 3.05) is 20.3 Å². The summed E-state index contributed by atoms with van der Waals surface area (Å²) in [6.07, 6.45) is 7.44. The quantitative estimate of drug-likeness (QED) is 0.695. The fraction of sp³-hybridized carbons (Fsp3) is 1.00. The van der Waals surface area contributed by atoms with Gasteiger partial charge in [-0.15, -0.1) is 0 Å². The van der Waals surface area contributed by atoms with Gasteiger partial charge in [0.1, 0.15) is 0 Å². The summed E-state index contributed by atoms with van der Waals surface area (Å²) >= 11 is 0. The van der Waals surface area contributed by atoms with Crippen molar-refractivity contribution in [1.29, 1.82) is 0 Å². The van der Waals surface area contributed by atoms with E-state index in [0.717, 1.165) is 5.92 Å². The van der Waals surface area contributed by atoms with Gasteiger partial charge in [-0.25, -0.2) is 0 Å². The third-order valence-electron chi connectivity index (χ3n) is 2.19. The molecule has 1 N–H and O–H groups in total. The van der Waals surface area contributed by atoms with Crippen LogP contribution in [0.3, 0.4) is 0 Å². The van der Waals surface area contributed by atoms with Gasteiger partial charge in [0.25, 0.3) is 0 Å². The molecule has 12 heavy (non-hydrogen) atoms. The van der Waals surface area contributed by atoms with Crippen LogP contribution in [-0.4, -0.2) is 25.4 Å². The van der Waals surface area contributed by atoms with Crippen LogP contribution in [0, 0.1) is 5.92 Å². The second kappa shape index (κ2) is 9.01. The zero-order valence-corrected chi connectivity index (χ0v) is 8.38. The van der Waals surface area contributed by atoms with E-state index in [4.69, 9.17) is 5.11 Å². The first-order chi connectivity index (χ1) is 5.81. The van der Waals surface area contributed by atoms with E-state index in [9.17, 15) is 0 Å². The van der Waals surface area contributed by atoms with Crippen LogP contribution in [-0.2, 0) is 4.74 Å². The van der Waals surface area contributed by atoms with E-state index in [0.29, 0.717) is 6.61 Å². The molecule has 2 heteroatoms. The van der Waals surface area contributed by atoms with Crippen LogP contribution in [0.1, 0.15) is 39.0 Å². The Hall–Kier alpha value is -0.0800. The van der Waals surface area contributed by atoms with Gasteiger partial charge in [0.05, 0.1) is 13.2 Å². The average Bonchev–Trinajstić information content (AvgIpc) is 2.08. The standard InChI is InChI=1S/C7H14.C3H8O2/c1-7-5-3-2-4-6-7;1-5-3-2-4/h7H,2-6H2,1H3;4H,2-3H2,1H3. The largest absolute Gasteiger partial charge is 0.394 e. The Morgan fingerprint density at radius 3 is 2.00 bits per heavy atom. The highest BCUT2D eigenvalue weighted by Gasteiger charge is 2.05. The Morgan fingerprint density at radius 2 is 1.83 bits per heavy atom. The number of aliphatic hydroxyl groups is 1. The van der Waals surface area contributed by atoms with Gasteiger partial charge in [0, 0.05) is 7.11 Å². The first kappa shape index (κ1) is 11.9. The lowest BCUT2D eigenvalue weighted by Crippen LogP contribution is -1.99. The van der Waals surface area contributed by atoms with Crippen molar-refractivity contribution in [2.24, 2.45) is 5.92 Å². The molecule has 0 amide bonds. The molecule has 0 bridgehead atoms. The normalized spacial score (nSPS) is 18.2. The van der Waals surface area contributed by atoms with E-state index in [-0.39, 0.29) is 6.61 Å². The smallest absolute Gasteiger partial charge is 0.0693 e. The number of hydrogen-bond donors (Lipinski definition) is 1. The van der Waals surface area contributed by atoms with Gasteiger partial charge >= 0.3 is 0 Å². The van der Waals surface area contributed by atoms with Gasteiger partial charge in [-0.2, -0.15) is 0 Å². The molecule has 0 aliphatic heterocycles. The van der Waals surface area contributed by atoms with Crippen molar-refractivity contribution in [3.8, 4) is 0 Å². The molecular weight excluding hydrogens is 152 g/mol. The minimum Gasteiger partial charge on any atom is -0.394 e. The van der Waals surface area contributed by atoms with E-state index in [1.54, 1.807) is 7.11 Å². The number of methoxy groups -OCH3 is 1. The zero-order chi connectivity index (χ0) is 9.23. The van der Waals surface area contributed by atoms with Crippen molar-refractivity contribution in [1.82, 2.24) is 0 Å². The number of aliphatic hydroxyl groups excluding tert-OH is 1. The summed E-state index contributed by atoms with van der Waals surface area (Å²) in [4.78, 5) is 0. The van der Waals surface area contributed by atoms with Crippen molar-refractivity contribution >= 4 is 0 Å². The van der Waals surface area contributed by atoms with Gasteiger partial charge < -0.3 is 9.84 Å². The molecule has 1 rings (SSSR count). The Kier molecular flexibility index (Phi) is 8.95.